The summed E-state index contributed by atoms with van der Waals surface area (Å²) in [6.07, 6.45) is 5.39. The van der Waals surface area contributed by atoms with E-state index in [9.17, 15) is 0 Å². The molecule has 0 radical (unpaired) electrons. The first-order valence-corrected chi connectivity index (χ1v) is 6.11. The highest BCUT2D eigenvalue weighted by atomic mass is 16.5. The third kappa shape index (κ3) is 2.65. The summed E-state index contributed by atoms with van der Waals surface area (Å²) < 4.78 is 5.96. The van der Waals surface area contributed by atoms with Gasteiger partial charge in [0.2, 0.25) is 5.88 Å². The minimum atomic E-state index is 0.341. The van der Waals surface area contributed by atoms with Crippen LogP contribution in [0.25, 0.3) is 0 Å². The Bertz CT molecular complexity index is 340. The molecular formula is C13H20N2O. The molecule has 2 atom stereocenters. The predicted molar refractivity (Wildman–Crippen MR) is 65.8 cm³/mol. The molecule has 1 aliphatic carbocycles. The van der Waals surface area contributed by atoms with E-state index in [1.165, 1.54) is 19.3 Å². The smallest absolute Gasteiger partial charge is 0.215 e. The van der Waals surface area contributed by atoms with Gasteiger partial charge in [-0.25, -0.2) is 0 Å². The number of rotatable bonds is 3. The van der Waals surface area contributed by atoms with Gasteiger partial charge < -0.3 is 10.1 Å². The fraction of sp³-hybridized carbons (Fsp3) is 0.615. The summed E-state index contributed by atoms with van der Waals surface area (Å²) in [5.74, 6) is 2.25. The first-order valence-electron chi connectivity index (χ1n) is 6.11. The van der Waals surface area contributed by atoms with Gasteiger partial charge in [0.15, 0.2) is 0 Å². The minimum absolute atomic E-state index is 0.341. The zero-order valence-corrected chi connectivity index (χ0v) is 10.1. The summed E-state index contributed by atoms with van der Waals surface area (Å²) in [4.78, 5) is 4.39. The molecular weight excluding hydrogens is 200 g/mol. The van der Waals surface area contributed by atoms with E-state index in [0.29, 0.717) is 12.0 Å². The maximum Gasteiger partial charge on any atom is 0.215 e. The molecule has 88 valence electrons. The van der Waals surface area contributed by atoms with Crippen LogP contribution in [0.3, 0.4) is 0 Å². The first kappa shape index (κ1) is 11.2. The fourth-order valence-corrected chi connectivity index (χ4v) is 2.23. The Morgan fingerprint density at radius 3 is 2.88 bits per heavy atom. The summed E-state index contributed by atoms with van der Waals surface area (Å²) in [5, 5.41) is 3.02. The first-order chi connectivity index (χ1) is 7.79. The Morgan fingerprint density at radius 2 is 2.12 bits per heavy atom. The summed E-state index contributed by atoms with van der Waals surface area (Å²) in [7, 11) is 1.87. The monoisotopic (exact) mass is 220 g/mol. The molecule has 0 aliphatic heterocycles. The van der Waals surface area contributed by atoms with Crippen LogP contribution in [0.1, 0.15) is 32.6 Å². The van der Waals surface area contributed by atoms with Gasteiger partial charge in [0.25, 0.3) is 0 Å². The van der Waals surface area contributed by atoms with Crippen LogP contribution in [0.2, 0.25) is 0 Å². The third-order valence-electron chi connectivity index (χ3n) is 3.28. The number of nitrogens with zero attached hydrogens (tertiary/aromatic N) is 1. The highest BCUT2D eigenvalue weighted by Crippen LogP contribution is 2.27. The lowest BCUT2D eigenvalue weighted by molar-refractivity contribution is 0.0978. The largest absolute Gasteiger partial charge is 0.474 e. The lowest BCUT2D eigenvalue weighted by atomic mass is 9.88. The van der Waals surface area contributed by atoms with Crippen LogP contribution in [-0.4, -0.2) is 18.1 Å². The summed E-state index contributed by atoms with van der Waals surface area (Å²) in [6.45, 7) is 2.27. The van der Waals surface area contributed by atoms with E-state index < -0.39 is 0 Å². The van der Waals surface area contributed by atoms with Crippen molar-refractivity contribution in [2.24, 2.45) is 5.92 Å². The average Bonchev–Trinajstić information content (AvgIpc) is 2.32. The standard InChI is InChI=1S/C13H20N2O/c1-10-6-3-4-7-11(10)16-13-9-5-8-12(14-2)15-13/h5,8-11H,3-4,6-7H2,1-2H3,(H,14,15). The number of hydrogen-bond acceptors (Lipinski definition) is 3. The van der Waals surface area contributed by atoms with Crippen LogP contribution in [-0.2, 0) is 0 Å². The van der Waals surface area contributed by atoms with Crippen LogP contribution >= 0.6 is 0 Å². The van der Waals surface area contributed by atoms with Crippen LogP contribution in [0, 0.1) is 5.92 Å². The van der Waals surface area contributed by atoms with Crippen LogP contribution < -0.4 is 10.1 Å². The molecule has 1 saturated carbocycles. The molecule has 0 amide bonds. The molecule has 1 aromatic heterocycles. The van der Waals surface area contributed by atoms with Crippen molar-refractivity contribution in [3.8, 4) is 5.88 Å². The van der Waals surface area contributed by atoms with E-state index in [1.54, 1.807) is 0 Å². The predicted octanol–water partition coefficient (Wildman–Crippen LogP) is 3.08. The van der Waals surface area contributed by atoms with Gasteiger partial charge in [-0.05, 0) is 31.2 Å². The fourth-order valence-electron chi connectivity index (χ4n) is 2.23. The number of hydrogen-bond donors (Lipinski definition) is 1. The van der Waals surface area contributed by atoms with Gasteiger partial charge in [0.05, 0.1) is 0 Å². The van der Waals surface area contributed by atoms with Crippen molar-refractivity contribution in [2.45, 2.75) is 38.7 Å². The second-order valence-corrected chi connectivity index (χ2v) is 4.53. The van der Waals surface area contributed by atoms with E-state index in [-0.39, 0.29) is 0 Å². The SMILES string of the molecule is CNc1cccc(OC2CCCCC2C)n1. The van der Waals surface area contributed by atoms with Crippen molar-refractivity contribution in [3.05, 3.63) is 18.2 Å². The molecule has 3 nitrogen and oxygen atoms in total. The van der Waals surface area contributed by atoms with Gasteiger partial charge in [0, 0.05) is 13.1 Å². The van der Waals surface area contributed by atoms with E-state index >= 15 is 0 Å². The summed E-state index contributed by atoms with van der Waals surface area (Å²) in [6, 6.07) is 5.85. The van der Waals surface area contributed by atoms with Gasteiger partial charge in [-0.2, -0.15) is 4.98 Å². The van der Waals surface area contributed by atoms with Gasteiger partial charge in [0.1, 0.15) is 11.9 Å². The Hall–Kier alpha value is -1.25. The van der Waals surface area contributed by atoms with Crippen molar-refractivity contribution in [2.75, 3.05) is 12.4 Å². The number of ether oxygens (including phenoxy) is 1. The van der Waals surface area contributed by atoms with E-state index in [1.807, 2.05) is 25.2 Å². The second-order valence-electron chi connectivity index (χ2n) is 4.53. The summed E-state index contributed by atoms with van der Waals surface area (Å²) in [5.41, 5.74) is 0. The lowest BCUT2D eigenvalue weighted by Gasteiger charge is -2.28. The molecule has 0 aromatic carbocycles. The van der Waals surface area contributed by atoms with E-state index in [4.69, 9.17) is 4.74 Å². The maximum absolute atomic E-state index is 5.96. The quantitative estimate of drug-likeness (QED) is 0.850. The van der Waals surface area contributed by atoms with Crippen molar-refractivity contribution in [3.63, 3.8) is 0 Å². The number of pyridine rings is 1. The molecule has 1 aliphatic rings. The Balaban J connectivity index is 2.01. The van der Waals surface area contributed by atoms with Crippen molar-refractivity contribution < 1.29 is 4.74 Å². The molecule has 1 aromatic rings. The zero-order chi connectivity index (χ0) is 11.4. The van der Waals surface area contributed by atoms with Crippen molar-refractivity contribution in [1.82, 2.24) is 4.98 Å². The number of aromatic nitrogens is 1. The normalized spacial score (nSPS) is 25.1. The zero-order valence-electron chi connectivity index (χ0n) is 10.1. The molecule has 0 saturated heterocycles. The van der Waals surface area contributed by atoms with Crippen LogP contribution in [0.5, 0.6) is 5.88 Å². The van der Waals surface area contributed by atoms with Gasteiger partial charge in [-0.1, -0.05) is 19.4 Å². The number of anilines is 1. The van der Waals surface area contributed by atoms with Gasteiger partial charge in [-0.15, -0.1) is 0 Å². The highest BCUT2D eigenvalue weighted by molar-refractivity contribution is 5.36. The Morgan fingerprint density at radius 1 is 1.31 bits per heavy atom. The Labute approximate surface area is 97.2 Å². The molecule has 16 heavy (non-hydrogen) atoms. The molecule has 3 heteroatoms. The van der Waals surface area contributed by atoms with Crippen LogP contribution in [0.15, 0.2) is 18.2 Å². The van der Waals surface area contributed by atoms with E-state index in [0.717, 1.165) is 18.1 Å². The topological polar surface area (TPSA) is 34.1 Å². The second kappa shape index (κ2) is 5.19. The summed E-state index contributed by atoms with van der Waals surface area (Å²) >= 11 is 0. The van der Waals surface area contributed by atoms with Crippen molar-refractivity contribution >= 4 is 5.82 Å². The van der Waals surface area contributed by atoms with Crippen LogP contribution in [0.4, 0.5) is 5.82 Å². The highest BCUT2D eigenvalue weighted by Gasteiger charge is 2.23. The maximum atomic E-state index is 5.96. The lowest BCUT2D eigenvalue weighted by Crippen LogP contribution is -2.28. The molecule has 1 heterocycles. The van der Waals surface area contributed by atoms with Gasteiger partial charge in [-0.3, -0.25) is 0 Å². The van der Waals surface area contributed by atoms with Crippen molar-refractivity contribution in [1.29, 1.82) is 0 Å². The van der Waals surface area contributed by atoms with Gasteiger partial charge >= 0.3 is 0 Å². The molecule has 2 rings (SSSR count). The molecule has 0 bridgehead atoms. The third-order valence-corrected chi connectivity index (χ3v) is 3.28. The average molecular weight is 220 g/mol. The Kier molecular flexibility index (Phi) is 3.65. The molecule has 1 fully saturated rings. The minimum Gasteiger partial charge on any atom is -0.474 e. The van der Waals surface area contributed by atoms with E-state index in [2.05, 4.69) is 17.2 Å². The number of nitrogens with one attached hydrogen (secondary N) is 1. The molecule has 2 unspecified atom stereocenters. The molecule has 1 N–H and O–H groups in total. The molecule has 0 spiro atoms.